The second-order valence-corrected chi connectivity index (χ2v) is 4.38. The van der Waals surface area contributed by atoms with Crippen LogP contribution in [-0.4, -0.2) is 19.6 Å². The molecule has 1 amide bonds. The number of methoxy groups -OCH3 is 1. The summed E-state index contributed by atoms with van der Waals surface area (Å²) in [4.78, 5) is 11.1. The monoisotopic (exact) mass is 275 g/mol. The van der Waals surface area contributed by atoms with Crippen LogP contribution in [-0.2, 0) is 11.2 Å². The molecule has 1 rings (SSSR count). The Morgan fingerprint density at radius 3 is 2.71 bits per heavy atom. The SMILES string of the molecule is CCC(=O)NCCc1cc(Cl)cc(Cl)c1OC. The van der Waals surface area contributed by atoms with Gasteiger partial charge in [-0.1, -0.05) is 30.1 Å². The van der Waals surface area contributed by atoms with Crippen LogP contribution in [0.3, 0.4) is 0 Å². The highest BCUT2D eigenvalue weighted by atomic mass is 35.5. The van der Waals surface area contributed by atoms with Crippen LogP contribution in [0.1, 0.15) is 18.9 Å². The van der Waals surface area contributed by atoms with Crippen molar-refractivity contribution in [2.45, 2.75) is 19.8 Å². The van der Waals surface area contributed by atoms with E-state index in [4.69, 9.17) is 27.9 Å². The van der Waals surface area contributed by atoms with E-state index in [0.29, 0.717) is 35.2 Å². The molecule has 0 fully saturated rings. The molecule has 1 N–H and O–H groups in total. The molecule has 0 aliphatic rings. The van der Waals surface area contributed by atoms with E-state index in [1.54, 1.807) is 19.2 Å². The molecule has 0 bridgehead atoms. The number of benzene rings is 1. The van der Waals surface area contributed by atoms with Crippen molar-refractivity contribution in [2.75, 3.05) is 13.7 Å². The smallest absolute Gasteiger partial charge is 0.219 e. The molecule has 0 unspecified atom stereocenters. The van der Waals surface area contributed by atoms with Crippen LogP contribution in [0.2, 0.25) is 10.0 Å². The number of hydrogen-bond donors (Lipinski definition) is 1. The van der Waals surface area contributed by atoms with Gasteiger partial charge in [0.15, 0.2) is 0 Å². The average Bonchev–Trinajstić information content (AvgIpc) is 2.28. The summed E-state index contributed by atoms with van der Waals surface area (Å²) in [6.45, 7) is 2.35. The Hall–Kier alpha value is -0.930. The van der Waals surface area contributed by atoms with Gasteiger partial charge in [0.1, 0.15) is 5.75 Å². The van der Waals surface area contributed by atoms with Crippen molar-refractivity contribution in [1.82, 2.24) is 5.32 Å². The second-order valence-electron chi connectivity index (χ2n) is 3.53. The number of carbonyl (C=O) groups is 1. The molecule has 1 aromatic rings. The van der Waals surface area contributed by atoms with Gasteiger partial charge in [-0.3, -0.25) is 4.79 Å². The molecule has 0 aliphatic heterocycles. The van der Waals surface area contributed by atoms with Gasteiger partial charge in [-0.15, -0.1) is 0 Å². The number of nitrogens with one attached hydrogen (secondary N) is 1. The van der Waals surface area contributed by atoms with Gasteiger partial charge in [-0.25, -0.2) is 0 Å². The lowest BCUT2D eigenvalue weighted by molar-refractivity contribution is -0.120. The van der Waals surface area contributed by atoms with Crippen LogP contribution in [0.25, 0.3) is 0 Å². The lowest BCUT2D eigenvalue weighted by Crippen LogP contribution is -2.24. The van der Waals surface area contributed by atoms with Gasteiger partial charge in [0.25, 0.3) is 0 Å². The van der Waals surface area contributed by atoms with Crippen molar-refractivity contribution < 1.29 is 9.53 Å². The standard InChI is InChI=1S/C12H15Cl2NO2/c1-3-11(16)15-5-4-8-6-9(13)7-10(14)12(8)17-2/h6-7H,3-5H2,1-2H3,(H,15,16). The van der Waals surface area contributed by atoms with Crippen molar-refractivity contribution in [3.8, 4) is 5.75 Å². The fourth-order valence-electron chi connectivity index (χ4n) is 1.49. The fraction of sp³-hybridized carbons (Fsp3) is 0.417. The lowest BCUT2D eigenvalue weighted by Gasteiger charge is -2.11. The molecule has 1 aromatic carbocycles. The van der Waals surface area contributed by atoms with Gasteiger partial charge < -0.3 is 10.1 Å². The predicted molar refractivity (Wildman–Crippen MR) is 70.0 cm³/mol. The van der Waals surface area contributed by atoms with Crippen molar-refractivity contribution in [3.05, 3.63) is 27.7 Å². The predicted octanol–water partition coefficient (Wildman–Crippen LogP) is 3.07. The summed E-state index contributed by atoms with van der Waals surface area (Å²) in [5.74, 6) is 0.638. The molecule has 17 heavy (non-hydrogen) atoms. The maximum atomic E-state index is 11.1. The highest BCUT2D eigenvalue weighted by Gasteiger charge is 2.09. The van der Waals surface area contributed by atoms with E-state index in [-0.39, 0.29) is 5.91 Å². The molecule has 0 saturated heterocycles. The molecule has 0 saturated carbocycles. The Balaban J connectivity index is 2.72. The summed E-state index contributed by atoms with van der Waals surface area (Å²) < 4.78 is 5.21. The van der Waals surface area contributed by atoms with Crippen LogP contribution >= 0.6 is 23.2 Å². The molecule has 94 valence electrons. The number of rotatable bonds is 5. The van der Waals surface area contributed by atoms with Crippen molar-refractivity contribution >= 4 is 29.1 Å². The van der Waals surface area contributed by atoms with Crippen molar-refractivity contribution in [1.29, 1.82) is 0 Å². The third-order valence-corrected chi connectivity index (χ3v) is 2.83. The lowest BCUT2D eigenvalue weighted by atomic mass is 10.1. The minimum Gasteiger partial charge on any atom is -0.495 e. The molecule has 5 heteroatoms. The first-order valence-electron chi connectivity index (χ1n) is 5.37. The molecule has 0 radical (unpaired) electrons. The average molecular weight is 276 g/mol. The molecule has 0 spiro atoms. The van der Waals surface area contributed by atoms with Crippen LogP contribution < -0.4 is 10.1 Å². The number of carbonyl (C=O) groups excluding carboxylic acids is 1. The van der Waals surface area contributed by atoms with E-state index in [9.17, 15) is 4.79 Å². The number of ether oxygens (including phenoxy) is 1. The van der Waals surface area contributed by atoms with Crippen LogP contribution in [0.4, 0.5) is 0 Å². The maximum Gasteiger partial charge on any atom is 0.219 e. The van der Waals surface area contributed by atoms with Crippen LogP contribution in [0, 0.1) is 0 Å². The van der Waals surface area contributed by atoms with Gasteiger partial charge in [-0.05, 0) is 24.1 Å². The Morgan fingerprint density at radius 2 is 2.12 bits per heavy atom. The summed E-state index contributed by atoms with van der Waals surface area (Å²) in [5.41, 5.74) is 0.890. The minimum atomic E-state index is 0.0251. The quantitative estimate of drug-likeness (QED) is 0.897. The number of hydrogen-bond acceptors (Lipinski definition) is 2. The van der Waals surface area contributed by atoms with E-state index in [1.807, 2.05) is 6.92 Å². The van der Waals surface area contributed by atoms with E-state index in [2.05, 4.69) is 5.32 Å². The maximum absolute atomic E-state index is 11.1. The molecule has 3 nitrogen and oxygen atoms in total. The first-order chi connectivity index (χ1) is 8.08. The number of amides is 1. The van der Waals surface area contributed by atoms with Gasteiger partial charge >= 0.3 is 0 Å². The fourth-order valence-corrected chi connectivity index (χ4v) is 2.10. The normalized spacial score (nSPS) is 10.1. The Kier molecular flexibility index (Phi) is 5.59. The first-order valence-corrected chi connectivity index (χ1v) is 6.12. The molecule has 0 aliphatic carbocycles. The topological polar surface area (TPSA) is 38.3 Å². The van der Waals surface area contributed by atoms with Gasteiger partial charge in [0.2, 0.25) is 5.91 Å². The van der Waals surface area contributed by atoms with E-state index < -0.39 is 0 Å². The van der Waals surface area contributed by atoms with Crippen molar-refractivity contribution in [2.24, 2.45) is 0 Å². The highest BCUT2D eigenvalue weighted by Crippen LogP contribution is 2.32. The van der Waals surface area contributed by atoms with Crippen LogP contribution in [0.15, 0.2) is 12.1 Å². The van der Waals surface area contributed by atoms with Crippen molar-refractivity contribution in [3.63, 3.8) is 0 Å². The van der Waals surface area contributed by atoms with E-state index in [1.165, 1.54) is 0 Å². The zero-order valence-electron chi connectivity index (χ0n) is 9.85. The summed E-state index contributed by atoms with van der Waals surface area (Å²) in [6.07, 6.45) is 1.11. The summed E-state index contributed by atoms with van der Waals surface area (Å²) in [7, 11) is 1.56. The number of halogens is 2. The highest BCUT2D eigenvalue weighted by molar-refractivity contribution is 6.35. The molecule has 0 heterocycles. The molecule has 0 aromatic heterocycles. The Morgan fingerprint density at radius 1 is 1.41 bits per heavy atom. The largest absolute Gasteiger partial charge is 0.495 e. The van der Waals surface area contributed by atoms with E-state index >= 15 is 0 Å². The van der Waals surface area contributed by atoms with Crippen LogP contribution in [0.5, 0.6) is 5.75 Å². The Bertz CT molecular complexity index is 408. The van der Waals surface area contributed by atoms with E-state index in [0.717, 1.165) is 5.56 Å². The van der Waals surface area contributed by atoms with Gasteiger partial charge in [0, 0.05) is 18.0 Å². The molecular weight excluding hydrogens is 261 g/mol. The zero-order chi connectivity index (χ0) is 12.8. The minimum absolute atomic E-state index is 0.0251. The summed E-state index contributed by atoms with van der Waals surface area (Å²) in [6, 6.07) is 3.43. The Labute approximate surface area is 111 Å². The summed E-state index contributed by atoms with van der Waals surface area (Å²) in [5, 5.41) is 3.84. The third-order valence-electron chi connectivity index (χ3n) is 2.33. The molecular formula is C12H15Cl2NO2. The molecule has 0 atom stereocenters. The zero-order valence-corrected chi connectivity index (χ0v) is 11.4. The van der Waals surface area contributed by atoms with Gasteiger partial charge in [0.05, 0.1) is 12.1 Å². The first kappa shape index (κ1) is 14.1. The van der Waals surface area contributed by atoms with Gasteiger partial charge in [-0.2, -0.15) is 0 Å². The summed E-state index contributed by atoms with van der Waals surface area (Å²) >= 11 is 11.9. The second kappa shape index (κ2) is 6.72. The third kappa shape index (κ3) is 4.10.